The van der Waals surface area contributed by atoms with Gasteiger partial charge >= 0.3 is 5.97 Å². The molecule has 0 aliphatic carbocycles. The number of aromatic nitrogens is 1. The molecule has 0 saturated carbocycles. The van der Waals surface area contributed by atoms with Gasteiger partial charge in [0, 0.05) is 18.4 Å². The highest BCUT2D eigenvalue weighted by molar-refractivity contribution is 7.09. The molecule has 0 fully saturated rings. The Bertz CT molecular complexity index is 705. The second-order valence-corrected chi connectivity index (χ2v) is 8.49. The maximum absolute atomic E-state index is 11.7. The maximum atomic E-state index is 11.7. The molecule has 1 aromatic heterocycles. The predicted octanol–water partition coefficient (Wildman–Crippen LogP) is 3.86. The number of rotatable bonds is 6. The van der Waals surface area contributed by atoms with E-state index in [1.165, 1.54) is 30.4 Å². The van der Waals surface area contributed by atoms with Gasteiger partial charge in [-0.05, 0) is 36.7 Å². The van der Waals surface area contributed by atoms with Crippen LogP contribution in [0.3, 0.4) is 0 Å². The molecule has 1 unspecified atom stereocenters. The summed E-state index contributed by atoms with van der Waals surface area (Å²) in [6.45, 7) is 12.3. The van der Waals surface area contributed by atoms with Gasteiger partial charge in [0.15, 0.2) is 0 Å². The second-order valence-electron chi connectivity index (χ2n) is 7.60. The third kappa shape index (κ3) is 9.38. The van der Waals surface area contributed by atoms with E-state index in [1.54, 1.807) is 0 Å². The zero-order valence-electron chi connectivity index (χ0n) is 16.4. The molecule has 0 spiro atoms. The molecule has 0 aliphatic heterocycles. The first-order chi connectivity index (χ1) is 12.1. The van der Waals surface area contributed by atoms with Gasteiger partial charge < -0.3 is 10.1 Å². The summed E-state index contributed by atoms with van der Waals surface area (Å²) < 4.78 is 5.23. The van der Waals surface area contributed by atoms with Crippen LogP contribution in [0.4, 0.5) is 0 Å². The molecule has 0 aromatic carbocycles. The minimum atomic E-state index is -0.390. The van der Waals surface area contributed by atoms with Crippen LogP contribution in [0.2, 0.25) is 0 Å². The quantitative estimate of drug-likeness (QED) is 0.465. The molecule has 26 heavy (non-hydrogen) atoms. The van der Waals surface area contributed by atoms with Gasteiger partial charge in [0.25, 0.3) is 0 Å². The van der Waals surface area contributed by atoms with E-state index in [0.717, 1.165) is 11.4 Å². The van der Waals surface area contributed by atoms with Gasteiger partial charge in [-0.1, -0.05) is 33.6 Å². The minimum absolute atomic E-state index is 0.0985. The number of carbonyl (C=O) groups excluding carboxylic acids is 2. The van der Waals surface area contributed by atoms with Gasteiger partial charge in [-0.25, -0.2) is 9.78 Å². The Balaban J connectivity index is 2.46. The standard InChI is InChI=1S/C20H28N2O3S/c1-14(11-20(4,5)6)12-25-18(24)10-8-7-9-17-13-26-19(22-17)15(2)21-16(3)23/h8,10,13-15H,11-12H2,1-6H3,(H,21,23)/b10-8+/t14?,15-/m1/s1. The van der Waals surface area contributed by atoms with Crippen LogP contribution in [-0.2, 0) is 14.3 Å². The summed E-state index contributed by atoms with van der Waals surface area (Å²) in [5.74, 6) is 5.47. The average Bonchev–Trinajstić information content (AvgIpc) is 2.96. The van der Waals surface area contributed by atoms with Crippen molar-refractivity contribution in [3.05, 3.63) is 28.2 Å². The Kier molecular flexibility index (Phi) is 8.53. The van der Waals surface area contributed by atoms with Crippen LogP contribution in [0.15, 0.2) is 17.5 Å². The van der Waals surface area contributed by atoms with E-state index in [1.807, 2.05) is 12.3 Å². The van der Waals surface area contributed by atoms with Gasteiger partial charge in [-0.3, -0.25) is 4.79 Å². The van der Waals surface area contributed by atoms with E-state index in [9.17, 15) is 9.59 Å². The molecule has 1 amide bonds. The lowest BCUT2D eigenvalue weighted by molar-refractivity contribution is -0.139. The molecule has 6 heteroatoms. The van der Waals surface area contributed by atoms with Crippen molar-refractivity contribution in [1.82, 2.24) is 10.3 Å². The van der Waals surface area contributed by atoms with E-state index in [0.29, 0.717) is 18.2 Å². The Morgan fingerprint density at radius 3 is 2.69 bits per heavy atom. The lowest BCUT2D eigenvalue weighted by atomic mass is 9.86. The van der Waals surface area contributed by atoms with Crippen LogP contribution in [-0.4, -0.2) is 23.5 Å². The van der Waals surface area contributed by atoms with Gasteiger partial charge in [0.05, 0.1) is 12.6 Å². The SMILES string of the molecule is CC(=O)N[C@H](C)c1nc(C#C/C=C/C(=O)OCC(C)CC(C)(C)C)cs1. The van der Waals surface area contributed by atoms with Crippen molar-refractivity contribution < 1.29 is 14.3 Å². The lowest BCUT2D eigenvalue weighted by Crippen LogP contribution is -2.23. The van der Waals surface area contributed by atoms with Gasteiger partial charge in [0.1, 0.15) is 10.7 Å². The fraction of sp³-hybridized carbons (Fsp3) is 0.550. The van der Waals surface area contributed by atoms with Crippen molar-refractivity contribution in [3.8, 4) is 11.8 Å². The fourth-order valence-corrected chi connectivity index (χ4v) is 3.27. The highest BCUT2D eigenvalue weighted by atomic mass is 32.1. The second kappa shape index (κ2) is 10.1. The van der Waals surface area contributed by atoms with Crippen molar-refractivity contribution in [2.24, 2.45) is 11.3 Å². The van der Waals surface area contributed by atoms with E-state index in [-0.39, 0.29) is 17.4 Å². The normalized spacial score (nSPS) is 13.6. The summed E-state index contributed by atoms with van der Waals surface area (Å²) in [7, 11) is 0. The smallest absolute Gasteiger partial charge is 0.331 e. The summed E-state index contributed by atoms with van der Waals surface area (Å²) in [4.78, 5) is 27.1. The third-order valence-corrected chi connectivity index (χ3v) is 4.31. The molecule has 0 radical (unpaired) electrons. The number of amides is 1. The molecule has 1 heterocycles. The molecule has 0 saturated heterocycles. The van der Waals surface area contributed by atoms with Crippen LogP contribution >= 0.6 is 11.3 Å². The number of esters is 1. The topological polar surface area (TPSA) is 68.3 Å². The van der Waals surface area contributed by atoms with E-state index < -0.39 is 5.97 Å². The summed E-state index contributed by atoms with van der Waals surface area (Å²) in [5, 5.41) is 5.39. The van der Waals surface area contributed by atoms with Crippen LogP contribution in [0.25, 0.3) is 0 Å². The zero-order chi connectivity index (χ0) is 19.7. The molecule has 1 aromatic rings. The monoisotopic (exact) mass is 376 g/mol. The maximum Gasteiger partial charge on any atom is 0.331 e. The lowest BCUT2D eigenvalue weighted by Gasteiger charge is -2.22. The molecule has 2 atom stereocenters. The number of hydrogen-bond donors (Lipinski definition) is 1. The number of hydrogen-bond acceptors (Lipinski definition) is 5. The summed E-state index contributed by atoms with van der Waals surface area (Å²) in [6, 6.07) is -0.145. The fourth-order valence-electron chi connectivity index (χ4n) is 2.51. The summed E-state index contributed by atoms with van der Waals surface area (Å²) in [5.41, 5.74) is 0.829. The molecule has 1 N–H and O–H groups in total. The number of thiazole rings is 1. The van der Waals surface area contributed by atoms with Crippen LogP contribution < -0.4 is 5.32 Å². The molecular weight excluding hydrogens is 348 g/mol. The molecule has 1 rings (SSSR count). The van der Waals surface area contributed by atoms with Crippen LogP contribution in [0.5, 0.6) is 0 Å². The van der Waals surface area contributed by atoms with Gasteiger partial charge in [0.2, 0.25) is 5.91 Å². The molecule has 142 valence electrons. The number of ether oxygens (including phenoxy) is 1. The Labute approximate surface area is 160 Å². The number of nitrogens with zero attached hydrogens (tertiary/aromatic N) is 1. The van der Waals surface area contributed by atoms with E-state index >= 15 is 0 Å². The number of allylic oxidation sites excluding steroid dienone is 1. The van der Waals surface area contributed by atoms with E-state index in [4.69, 9.17) is 4.74 Å². The highest BCUT2D eigenvalue weighted by Crippen LogP contribution is 2.24. The van der Waals surface area contributed by atoms with Crippen molar-refractivity contribution in [2.75, 3.05) is 6.61 Å². The third-order valence-electron chi connectivity index (χ3n) is 3.29. The van der Waals surface area contributed by atoms with Crippen molar-refractivity contribution in [2.45, 2.75) is 54.0 Å². The number of carbonyl (C=O) groups is 2. The summed E-state index contributed by atoms with van der Waals surface area (Å²) >= 11 is 1.44. The van der Waals surface area contributed by atoms with E-state index in [2.05, 4.69) is 49.8 Å². The Hall–Kier alpha value is -2.13. The van der Waals surface area contributed by atoms with Gasteiger partial charge in [-0.2, -0.15) is 0 Å². The van der Waals surface area contributed by atoms with Crippen molar-refractivity contribution >= 4 is 23.2 Å². The zero-order valence-corrected chi connectivity index (χ0v) is 17.2. The van der Waals surface area contributed by atoms with Gasteiger partial charge in [-0.15, -0.1) is 11.3 Å². The molecule has 0 bridgehead atoms. The highest BCUT2D eigenvalue weighted by Gasteiger charge is 2.16. The first kappa shape index (κ1) is 21.9. The molecule has 0 aliphatic rings. The summed E-state index contributed by atoms with van der Waals surface area (Å²) in [6.07, 6.45) is 3.78. The first-order valence-electron chi connectivity index (χ1n) is 8.64. The Morgan fingerprint density at radius 2 is 2.08 bits per heavy atom. The Morgan fingerprint density at radius 1 is 1.38 bits per heavy atom. The van der Waals surface area contributed by atoms with Crippen molar-refractivity contribution in [3.63, 3.8) is 0 Å². The van der Waals surface area contributed by atoms with Crippen LogP contribution in [0, 0.1) is 23.2 Å². The predicted molar refractivity (Wildman–Crippen MR) is 105 cm³/mol. The first-order valence-corrected chi connectivity index (χ1v) is 9.52. The largest absolute Gasteiger partial charge is 0.462 e. The molecular formula is C20H28N2O3S. The minimum Gasteiger partial charge on any atom is -0.462 e. The average molecular weight is 377 g/mol. The van der Waals surface area contributed by atoms with Crippen LogP contribution in [0.1, 0.15) is 64.7 Å². The number of nitrogens with one attached hydrogen (secondary N) is 1. The van der Waals surface area contributed by atoms with Crippen molar-refractivity contribution in [1.29, 1.82) is 0 Å². The molecule has 5 nitrogen and oxygen atoms in total.